The minimum absolute atomic E-state index is 0.146. The van der Waals surface area contributed by atoms with Crippen molar-refractivity contribution in [2.24, 2.45) is 4.99 Å². The molecule has 148 valence electrons. The van der Waals surface area contributed by atoms with Gasteiger partial charge in [-0.1, -0.05) is 11.3 Å². The van der Waals surface area contributed by atoms with Gasteiger partial charge in [-0.15, -0.1) is 23.1 Å². The number of aromatic nitrogens is 2. The molecule has 1 aromatic carbocycles. The van der Waals surface area contributed by atoms with Crippen LogP contribution in [0.2, 0.25) is 0 Å². The smallest absolute Gasteiger partial charge is 0.258 e. The van der Waals surface area contributed by atoms with Gasteiger partial charge in [-0.25, -0.2) is 4.98 Å². The molecule has 10 heteroatoms. The normalized spacial score (nSPS) is 11.7. The molecular formula is C18H20N4O3S3. The highest BCUT2D eigenvalue weighted by atomic mass is 32.2. The number of amides is 2. The van der Waals surface area contributed by atoms with E-state index in [1.54, 1.807) is 11.6 Å². The van der Waals surface area contributed by atoms with Crippen LogP contribution in [0.1, 0.15) is 13.8 Å². The maximum Gasteiger partial charge on any atom is 0.258 e. The quantitative estimate of drug-likeness (QED) is 0.585. The summed E-state index contributed by atoms with van der Waals surface area (Å²) in [4.78, 5) is 33.0. The first kappa shape index (κ1) is 20.6. The number of carbonyl (C=O) groups excluding carboxylic acids is 2. The van der Waals surface area contributed by atoms with Crippen LogP contribution in [0.15, 0.2) is 34.8 Å². The lowest BCUT2D eigenvalue weighted by Gasteiger charge is -2.03. The fraction of sp³-hybridized carbons (Fsp3) is 0.333. The average Bonchev–Trinajstić information content (AvgIpc) is 3.28. The summed E-state index contributed by atoms with van der Waals surface area (Å²) in [5, 5.41) is 5.03. The van der Waals surface area contributed by atoms with Crippen LogP contribution in [0.3, 0.4) is 0 Å². The van der Waals surface area contributed by atoms with Gasteiger partial charge in [0.25, 0.3) is 5.91 Å². The highest BCUT2D eigenvalue weighted by molar-refractivity contribution is 8.00. The lowest BCUT2D eigenvalue weighted by Crippen LogP contribution is -2.18. The molecule has 2 aromatic heterocycles. The van der Waals surface area contributed by atoms with Crippen molar-refractivity contribution in [1.82, 2.24) is 9.55 Å². The Kier molecular flexibility index (Phi) is 7.24. The van der Waals surface area contributed by atoms with Crippen molar-refractivity contribution >= 4 is 61.6 Å². The Bertz CT molecular complexity index is 1020. The molecule has 0 fully saturated rings. The summed E-state index contributed by atoms with van der Waals surface area (Å²) in [6, 6.07) is 5.88. The number of nitrogens with zero attached hydrogens (tertiary/aromatic N) is 3. The molecular weight excluding hydrogens is 416 g/mol. The maximum absolute atomic E-state index is 12.3. The van der Waals surface area contributed by atoms with E-state index < -0.39 is 0 Å². The third-order valence-electron chi connectivity index (χ3n) is 3.64. The van der Waals surface area contributed by atoms with E-state index in [2.05, 4.69) is 15.3 Å². The number of thiazole rings is 2. The molecule has 28 heavy (non-hydrogen) atoms. The summed E-state index contributed by atoms with van der Waals surface area (Å²) in [5.41, 5.74) is 1.03. The Morgan fingerprint density at radius 2 is 2.18 bits per heavy atom. The summed E-state index contributed by atoms with van der Waals surface area (Å²) in [7, 11) is 0. The summed E-state index contributed by atoms with van der Waals surface area (Å²) in [6.45, 7) is 5.28. The van der Waals surface area contributed by atoms with E-state index in [4.69, 9.17) is 4.74 Å². The molecule has 0 atom stereocenters. The lowest BCUT2D eigenvalue weighted by atomic mass is 10.3. The van der Waals surface area contributed by atoms with Crippen LogP contribution in [-0.2, 0) is 16.1 Å². The van der Waals surface area contributed by atoms with Crippen LogP contribution in [0, 0.1) is 0 Å². The van der Waals surface area contributed by atoms with Gasteiger partial charge in [0.1, 0.15) is 5.75 Å². The summed E-state index contributed by atoms with van der Waals surface area (Å²) in [5.74, 6) is 0.693. The van der Waals surface area contributed by atoms with Crippen LogP contribution in [0.4, 0.5) is 5.13 Å². The van der Waals surface area contributed by atoms with E-state index in [1.807, 2.05) is 36.6 Å². The zero-order valence-corrected chi connectivity index (χ0v) is 18.0. The first-order valence-corrected chi connectivity index (χ1v) is 11.6. The summed E-state index contributed by atoms with van der Waals surface area (Å²) >= 11 is 4.05. The van der Waals surface area contributed by atoms with Crippen molar-refractivity contribution in [2.45, 2.75) is 20.4 Å². The summed E-state index contributed by atoms with van der Waals surface area (Å²) in [6.07, 6.45) is 1.63. The van der Waals surface area contributed by atoms with E-state index in [0.717, 1.165) is 16.0 Å². The van der Waals surface area contributed by atoms with Gasteiger partial charge in [0, 0.05) is 18.1 Å². The molecule has 2 amide bonds. The number of rotatable bonds is 8. The van der Waals surface area contributed by atoms with E-state index in [1.165, 1.54) is 34.4 Å². The van der Waals surface area contributed by atoms with Crippen molar-refractivity contribution in [3.8, 4) is 5.75 Å². The average molecular weight is 437 g/mol. The number of fused-ring (bicyclic) bond motifs is 1. The van der Waals surface area contributed by atoms with Gasteiger partial charge in [-0.05, 0) is 32.0 Å². The van der Waals surface area contributed by atoms with E-state index in [9.17, 15) is 9.59 Å². The van der Waals surface area contributed by atoms with Gasteiger partial charge in [0.05, 0.1) is 28.3 Å². The SMILES string of the molecule is CCOc1ccc2c(c1)sc(=NC(=O)CSCC(=O)Nc1nccs1)n2CC. The van der Waals surface area contributed by atoms with Crippen LogP contribution < -0.4 is 14.9 Å². The van der Waals surface area contributed by atoms with Gasteiger partial charge in [0.2, 0.25) is 5.91 Å². The van der Waals surface area contributed by atoms with Crippen molar-refractivity contribution in [3.63, 3.8) is 0 Å². The van der Waals surface area contributed by atoms with Crippen LogP contribution >= 0.6 is 34.4 Å². The Morgan fingerprint density at radius 1 is 1.32 bits per heavy atom. The van der Waals surface area contributed by atoms with Gasteiger partial charge in [0.15, 0.2) is 9.93 Å². The molecule has 0 aliphatic rings. The van der Waals surface area contributed by atoms with Crippen molar-refractivity contribution in [1.29, 1.82) is 0 Å². The van der Waals surface area contributed by atoms with E-state index >= 15 is 0 Å². The molecule has 3 rings (SSSR count). The fourth-order valence-corrected chi connectivity index (χ4v) is 4.79. The fourth-order valence-electron chi connectivity index (χ4n) is 2.51. The molecule has 1 N–H and O–H groups in total. The number of hydrogen-bond donors (Lipinski definition) is 1. The molecule has 0 unspecified atom stereocenters. The van der Waals surface area contributed by atoms with E-state index in [-0.39, 0.29) is 23.3 Å². The standard InChI is InChI=1S/C18H20N4O3S3/c1-3-22-13-6-5-12(25-4-2)9-14(13)28-18(22)21-16(24)11-26-10-15(23)20-17-19-7-8-27-17/h5-9H,3-4,10-11H2,1-2H3,(H,19,20,23). The predicted octanol–water partition coefficient (Wildman–Crippen LogP) is 3.38. The molecule has 0 aliphatic carbocycles. The van der Waals surface area contributed by atoms with Crippen molar-refractivity contribution in [2.75, 3.05) is 23.4 Å². The number of nitrogens with one attached hydrogen (secondary N) is 1. The molecule has 0 aliphatic heterocycles. The zero-order chi connectivity index (χ0) is 19.9. The predicted molar refractivity (Wildman–Crippen MR) is 115 cm³/mol. The third-order valence-corrected chi connectivity index (χ3v) is 6.29. The largest absolute Gasteiger partial charge is 0.494 e. The third kappa shape index (κ3) is 5.21. The number of aryl methyl sites for hydroxylation is 1. The Hall–Kier alpha value is -2.17. The van der Waals surface area contributed by atoms with Crippen LogP contribution in [0.5, 0.6) is 5.75 Å². The Morgan fingerprint density at radius 3 is 2.89 bits per heavy atom. The van der Waals surface area contributed by atoms with Gasteiger partial charge in [-0.3, -0.25) is 9.59 Å². The van der Waals surface area contributed by atoms with Crippen molar-refractivity contribution in [3.05, 3.63) is 34.6 Å². The molecule has 0 saturated carbocycles. The molecule has 3 aromatic rings. The van der Waals surface area contributed by atoms with Crippen LogP contribution in [-0.4, -0.2) is 39.5 Å². The van der Waals surface area contributed by atoms with Gasteiger partial charge in [-0.2, -0.15) is 4.99 Å². The minimum Gasteiger partial charge on any atom is -0.494 e. The van der Waals surface area contributed by atoms with Gasteiger partial charge >= 0.3 is 0 Å². The number of carbonyl (C=O) groups is 2. The number of hydrogen-bond acceptors (Lipinski definition) is 7. The molecule has 2 heterocycles. The van der Waals surface area contributed by atoms with Gasteiger partial charge < -0.3 is 14.6 Å². The number of ether oxygens (including phenoxy) is 1. The lowest BCUT2D eigenvalue weighted by molar-refractivity contribution is -0.115. The Balaban J connectivity index is 1.65. The van der Waals surface area contributed by atoms with Crippen LogP contribution in [0.25, 0.3) is 10.2 Å². The number of anilines is 1. The number of thioether (sulfide) groups is 1. The minimum atomic E-state index is -0.258. The highest BCUT2D eigenvalue weighted by Gasteiger charge is 2.10. The van der Waals surface area contributed by atoms with E-state index in [0.29, 0.717) is 23.1 Å². The van der Waals surface area contributed by atoms with Crippen molar-refractivity contribution < 1.29 is 14.3 Å². The Labute approximate surface area is 174 Å². The zero-order valence-electron chi connectivity index (χ0n) is 15.5. The number of benzene rings is 1. The molecule has 0 spiro atoms. The maximum atomic E-state index is 12.3. The molecule has 0 radical (unpaired) electrons. The highest BCUT2D eigenvalue weighted by Crippen LogP contribution is 2.23. The molecule has 0 saturated heterocycles. The topological polar surface area (TPSA) is 85.6 Å². The molecule has 7 nitrogen and oxygen atoms in total. The first-order valence-electron chi connectivity index (χ1n) is 8.71. The second-order valence-corrected chi connectivity index (χ2v) is 8.46. The second-order valence-electron chi connectivity index (χ2n) is 5.58. The summed E-state index contributed by atoms with van der Waals surface area (Å²) < 4.78 is 8.58. The molecule has 0 bridgehead atoms. The monoisotopic (exact) mass is 436 g/mol. The first-order chi connectivity index (χ1) is 13.6. The second kappa shape index (κ2) is 9.85.